The first-order valence-electron chi connectivity index (χ1n) is 21.3. The van der Waals surface area contributed by atoms with Gasteiger partial charge >= 0.3 is 0 Å². The van der Waals surface area contributed by atoms with Crippen LogP contribution >= 0.6 is 12.4 Å². The maximum Gasteiger partial charge on any atom is 0.150 e. The van der Waals surface area contributed by atoms with Crippen LogP contribution in [-0.2, 0) is 13.0 Å². The van der Waals surface area contributed by atoms with Crippen LogP contribution in [-0.4, -0.2) is 11.4 Å². The van der Waals surface area contributed by atoms with E-state index in [4.69, 9.17) is 21.5 Å². The molecule has 0 aliphatic heterocycles. The molecule has 3 aliphatic carbocycles. The molecule has 0 aromatic heterocycles. The molecule has 3 saturated carbocycles. The highest BCUT2D eigenvalue weighted by atomic mass is 35.5. The van der Waals surface area contributed by atoms with Crippen molar-refractivity contribution >= 4 is 18.7 Å². The van der Waals surface area contributed by atoms with Gasteiger partial charge in [0.05, 0.1) is 41.0 Å². The molecule has 0 saturated heterocycles. The number of rotatable bonds is 8. The summed E-state index contributed by atoms with van der Waals surface area (Å²) in [6, 6.07) is 36.9. The topological polar surface area (TPSA) is 135 Å². The van der Waals surface area contributed by atoms with Gasteiger partial charge in [0.25, 0.3) is 0 Å². The van der Waals surface area contributed by atoms with E-state index in [1.165, 1.54) is 107 Å². The first-order valence-corrected chi connectivity index (χ1v) is 21.3. The number of carbonyl (C=O) groups excluding carboxylic acids is 1. The van der Waals surface area contributed by atoms with Crippen molar-refractivity contribution < 1.29 is 9.90 Å². The highest BCUT2D eigenvalue weighted by Gasteiger charge is 2.23. The van der Waals surface area contributed by atoms with E-state index >= 15 is 0 Å². The van der Waals surface area contributed by atoms with Crippen molar-refractivity contribution in [3.63, 3.8) is 0 Å². The molecule has 0 spiro atoms. The van der Waals surface area contributed by atoms with Gasteiger partial charge in [-0.1, -0.05) is 138 Å². The van der Waals surface area contributed by atoms with Crippen molar-refractivity contribution in [1.29, 1.82) is 15.8 Å². The smallest absolute Gasteiger partial charge is 0.150 e. The largest absolute Gasteiger partial charge is 0.388 e. The number of halogens is 1. The van der Waals surface area contributed by atoms with Crippen LogP contribution in [0.25, 0.3) is 0 Å². The fraction of sp³-hybridized carbons (Fsp3) is 0.451. The van der Waals surface area contributed by atoms with Crippen LogP contribution in [0, 0.1) is 51.7 Å². The zero-order chi connectivity index (χ0) is 40.7. The number of nitrogens with zero attached hydrogens (tertiary/aromatic N) is 3. The van der Waals surface area contributed by atoms with E-state index in [1.54, 1.807) is 36.4 Å². The van der Waals surface area contributed by atoms with E-state index in [2.05, 4.69) is 55.5 Å². The van der Waals surface area contributed by atoms with E-state index < -0.39 is 0 Å². The molecule has 0 bridgehead atoms. The third-order valence-electron chi connectivity index (χ3n) is 12.1. The summed E-state index contributed by atoms with van der Waals surface area (Å²) < 4.78 is 0. The van der Waals surface area contributed by atoms with Crippen molar-refractivity contribution in [2.75, 3.05) is 0 Å². The van der Waals surface area contributed by atoms with Gasteiger partial charge in [-0.3, -0.25) is 4.79 Å². The highest BCUT2D eigenvalue weighted by Crippen LogP contribution is 2.36. The Morgan fingerprint density at radius 1 is 0.586 bits per heavy atom. The lowest BCUT2D eigenvalue weighted by Gasteiger charge is -2.27. The van der Waals surface area contributed by atoms with Gasteiger partial charge in [0.15, 0.2) is 0 Å². The third kappa shape index (κ3) is 16.2. The number of aldehydes is 1. The predicted octanol–water partition coefficient (Wildman–Crippen LogP) is 12.5. The predicted molar refractivity (Wildman–Crippen MR) is 237 cm³/mol. The molecule has 6 nitrogen and oxygen atoms in total. The van der Waals surface area contributed by atoms with Crippen LogP contribution in [0.15, 0.2) is 97.1 Å². The van der Waals surface area contributed by atoms with Gasteiger partial charge in [-0.2, -0.15) is 15.8 Å². The molecule has 7 heteroatoms. The lowest BCUT2D eigenvalue weighted by molar-refractivity contribution is 0.0848. The summed E-state index contributed by atoms with van der Waals surface area (Å²) in [5, 5.41) is 36.1. The monoisotopic (exact) mass is 798 g/mol. The SMILES string of the molecule is CC(c1ccc(C#N)cc1)C1CCCCC1.Cl.N#Cc1ccc(C(O)C2CCCCC2)cc1.N#Cc1ccc(C=O)cc1.NCc1ccc(CC2CCCCC2)cc1. The Bertz CT molecular complexity index is 1780. The molecular formula is C51H63ClN4O2. The third-order valence-corrected chi connectivity index (χ3v) is 12.1. The normalized spacial score (nSPS) is 16.6. The molecule has 2 unspecified atom stereocenters. The summed E-state index contributed by atoms with van der Waals surface area (Å²) in [4.78, 5) is 10.1. The average Bonchev–Trinajstić information content (AvgIpc) is 3.30. The summed E-state index contributed by atoms with van der Waals surface area (Å²) in [6.07, 6.45) is 21.8. The Morgan fingerprint density at radius 3 is 1.41 bits per heavy atom. The summed E-state index contributed by atoms with van der Waals surface area (Å²) in [7, 11) is 0. The van der Waals surface area contributed by atoms with Gasteiger partial charge in [0.1, 0.15) is 6.29 Å². The highest BCUT2D eigenvalue weighted by molar-refractivity contribution is 5.85. The maximum absolute atomic E-state index is 10.2. The molecule has 4 aromatic rings. The van der Waals surface area contributed by atoms with Gasteiger partial charge in [0.2, 0.25) is 0 Å². The minimum absolute atomic E-state index is 0. The van der Waals surface area contributed by atoms with Gasteiger partial charge in [0, 0.05) is 12.1 Å². The van der Waals surface area contributed by atoms with Crippen molar-refractivity contribution in [3.05, 3.63) is 142 Å². The van der Waals surface area contributed by atoms with Crippen LogP contribution in [0.2, 0.25) is 0 Å². The summed E-state index contributed by atoms with van der Waals surface area (Å²) >= 11 is 0. The maximum atomic E-state index is 10.2. The first-order chi connectivity index (χ1) is 27.9. The molecule has 3 fully saturated rings. The molecule has 58 heavy (non-hydrogen) atoms. The summed E-state index contributed by atoms with van der Waals surface area (Å²) in [5.74, 6) is 2.83. The Hall–Kier alpha value is -4.77. The summed E-state index contributed by atoms with van der Waals surface area (Å²) in [5.41, 5.74) is 13.2. The fourth-order valence-electron chi connectivity index (χ4n) is 8.42. The van der Waals surface area contributed by atoms with Crippen LogP contribution in [0.1, 0.15) is 165 Å². The Labute approximate surface area is 354 Å². The van der Waals surface area contributed by atoms with E-state index in [-0.39, 0.29) is 18.5 Å². The van der Waals surface area contributed by atoms with Crippen molar-refractivity contribution in [3.8, 4) is 18.2 Å². The Balaban J connectivity index is 0.000000208. The van der Waals surface area contributed by atoms with E-state index in [0.29, 0.717) is 35.1 Å². The second kappa shape index (κ2) is 27.0. The lowest BCUT2D eigenvalue weighted by atomic mass is 9.78. The van der Waals surface area contributed by atoms with E-state index in [0.717, 1.165) is 42.1 Å². The lowest BCUT2D eigenvalue weighted by Crippen LogP contribution is -2.15. The minimum Gasteiger partial charge on any atom is -0.388 e. The van der Waals surface area contributed by atoms with Gasteiger partial charge in [-0.25, -0.2) is 0 Å². The van der Waals surface area contributed by atoms with Gasteiger partial charge < -0.3 is 10.8 Å². The number of nitrogens with two attached hydrogens (primary N) is 1. The number of aliphatic hydroxyl groups is 1. The minimum atomic E-state index is -0.354. The molecule has 0 radical (unpaired) electrons. The van der Waals surface area contributed by atoms with Gasteiger partial charge in [-0.05, 0) is 114 Å². The van der Waals surface area contributed by atoms with Crippen molar-refractivity contribution in [1.82, 2.24) is 0 Å². The first kappa shape index (κ1) is 47.6. The zero-order valence-electron chi connectivity index (χ0n) is 34.4. The molecule has 0 heterocycles. The molecule has 3 N–H and O–H groups in total. The van der Waals surface area contributed by atoms with Gasteiger partial charge in [-0.15, -0.1) is 12.4 Å². The average molecular weight is 800 g/mol. The van der Waals surface area contributed by atoms with Crippen LogP contribution < -0.4 is 5.73 Å². The van der Waals surface area contributed by atoms with E-state index in [9.17, 15) is 9.90 Å². The molecule has 2 atom stereocenters. The molecular weight excluding hydrogens is 736 g/mol. The number of nitriles is 3. The van der Waals surface area contributed by atoms with Crippen LogP contribution in [0.3, 0.4) is 0 Å². The standard InChI is InChI=1S/C15H19N.C14H17NO.C14H21N.C8H5NO.ClH/c1-12(14-5-3-2-4-6-14)15-9-7-13(11-16)8-10-15;15-10-11-6-8-13(9-7-11)14(16)12-4-2-1-3-5-12;15-11-14-8-6-13(7-9-14)10-12-4-2-1-3-5-12;9-5-7-1-3-8(6-10)4-2-7;/h7-10,12,14H,2-6H2,1H3;6-9,12,14,16H,1-5H2;6-9,12H,1-5,10-11,15H2;1-4,6H;1H. The second-order valence-corrected chi connectivity index (χ2v) is 16.1. The van der Waals surface area contributed by atoms with E-state index in [1.807, 2.05) is 30.3 Å². The van der Waals surface area contributed by atoms with Crippen molar-refractivity contribution in [2.24, 2.45) is 23.5 Å². The Morgan fingerprint density at radius 2 is 0.983 bits per heavy atom. The number of carbonyl (C=O) groups is 1. The molecule has 3 aliphatic rings. The molecule has 0 amide bonds. The second-order valence-electron chi connectivity index (χ2n) is 16.1. The zero-order valence-corrected chi connectivity index (χ0v) is 35.2. The number of hydrogen-bond donors (Lipinski definition) is 2. The molecule has 7 rings (SSSR count). The molecule has 306 valence electrons. The van der Waals surface area contributed by atoms with Crippen molar-refractivity contribution in [2.45, 2.75) is 128 Å². The number of aliphatic hydroxyl groups excluding tert-OH is 1. The fourth-order valence-corrected chi connectivity index (χ4v) is 8.42. The summed E-state index contributed by atoms with van der Waals surface area (Å²) in [6.45, 7) is 2.99. The van der Waals surface area contributed by atoms with Crippen LogP contribution in [0.4, 0.5) is 0 Å². The van der Waals surface area contributed by atoms with Crippen LogP contribution in [0.5, 0.6) is 0 Å². The number of hydrogen-bond acceptors (Lipinski definition) is 6. The number of benzene rings is 4. The molecule has 4 aromatic carbocycles. The Kier molecular flexibility index (Phi) is 22.2. The quantitative estimate of drug-likeness (QED) is 0.170.